The van der Waals surface area contributed by atoms with Crippen LogP contribution in [-0.4, -0.2) is 52.4 Å². The van der Waals surface area contributed by atoms with Gasteiger partial charge in [0.15, 0.2) is 0 Å². The molecule has 0 saturated carbocycles. The zero-order valence-electron chi connectivity index (χ0n) is 14.8. The molecule has 5 heteroatoms. The van der Waals surface area contributed by atoms with E-state index < -0.39 is 5.54 Å². The highest BCUT2D eigenvalue weighted by molar-refractivity contribution is 5.84. The molecule has 1 aliphatic rings. The quantitative estimate of drug-likeness (QED) is 0.865. The number of piperidine rings is 1. The van der Waals surface area contributed by atoms with Crippen molar-refractivity contribution in [3.05, 3.63) is 54.1 Å². The van der Waals surface area contributed by atoms with Crippen molar-refractivity contribution in [2.24, 2.45) is 0 Å². The number of amides is 1. The molecule has 0 spiro atoms. The highest BCUT2D eigenvalue weighted by Gasteiger charge is 2.43. The molecule has 2 aromatic rings. The molecule has 1 amide bonds. The van der Waals surface area contributed by atoms with Crippen molar-refractivity contribution in [3.8, 4) is 0 Å². The molecule has 0 N–H and O–H groups in total. The molecule has 24 heavy (non-hydrogen) atoms. The van der Waals surface area contributed by atoms with Crippen LogP contribution in [0.3, 0.4) is 0 Å². The predicted molar refractivity (Wildman–Crippen MR) is 94.6 cm³/mol. The maximum Gasteiger partial charge on any atom is 0.248 e. The van der Waals surface area contributed by atoms with Crippen molar-refractivity contribution in [2.75, 3.05) is 27.2 Å². The third kappa shape index (κ3) is 3.22. The van der Waals surface area contributed by atoms with Crippen LogP contribution < -0.4 is 0 Å². The summed E-state index contributed by atoms with van der Waals surface area (Å²) in [5, 5.41) is 0. The Labute approximate surface area is 143 Å². The van der Waals surface area contributed by atoms with E-state index in [1.54, 1.807) is 17.4 Å². The lowest BCUT2D eigenvalue weighted by Gasteiger charge is -2.42. The summed E-state index contributed by atoms with van der Waals surface area (Å²) in [6.45, 7) is 4.88. The Bertz CT molecular complexity index is 685. The maximum atomic E-state index is 12.9. The number of aryl methyl sites for hydroxylation is 1. The van der Waals surface area contributed by atoms with Crippen molar-refractivity contribution in [1.29, 1.82) is 0 Å². The Kier molecular flexibility index (Phi) is 4.71. The smallest absolute Gasteiger partial charge is 0.248 e. The fourth-order valence-corrected chi connectivity index (χ4v) is 3.66. The van der Waals surface area contributed by atoms with Gasteiger partial charge in [0.2, 0.25) is 5.91 Å². The summed E-state index contributed by atoms with van der Waals surface area (Å²) in [6, 6.07) is 8.65. The molecule has 0 unspecified atom stereocenters. The molecule has 0 atom stereocenters. The predicted octanol–water partition coefficient (Wildman–Crippen LogP) is 2.27. The largest absolute Gasteiger partial charge is 0.347 e. The van der Waals surface area contributed by atoms with E-state index in [4.69, 9.17) is 0 Å². The van der Waals surface area contributed by atoms with Crippen LogP contribution in [0.1, 0.15) is 24.0 Å². The minimum absolute atomic E-state index is 0.163. The number of benzene rings is 1. The summed E-state index contributed by atoms with van der Waals surface area (Å²) >= 11 is 0. The van der Waals surface area contributed by atoms with Gasteiger partial charge in [0.25, 0.3) is 0 Å². The van der Waals surface area contributed by atoms with E-state index in [1.807, 2.05) is 24.9 Å². The SMILES string of the molecule is Cc1cccc(CN2CCC(C(=O)N(C)C)(n3ccnc3)CC2)c1. The van der Waals surface area contributed by atoms with Crippen LogP contribution in [-0.2, 0) is 16.9 Å². The number of hydrogen-bond donors (Lipinski definition) is 0. The highest BCUT2D eigenvalue weighted by Crippen LogP contribution is 2.32. The fourth-order valence-electron chi connectivity index (χ4n) is 3.66. The molecule has 0 aliphatic carbocycles. The first-order valence-corrected chi connectivity index (χ1v) is 8.49. The molecule has 1 aromatic carbocycles. The molecule has 1 aliphatic heterocycles. The lowest BCUT2D eigenvalue weighted by Crippen LogP contribution is -2.54. The average Bonchev–Trinajstić information content (AvgIpc) is 3.10. The second kappa shape index (κ2) is 6.77. The summed E-state index contributed by atoms with van der Waals surface area (Å²) < 4.78 is 2.00. The van der Waals surface area contributed by atoms with E-state index in [0.717, 1.165) is 32.5 Å². The normalized spacial score (nSPS) is 17.6. The minimum Gasteiger partial charge on any atom is -0.347 e. The van der Waals surface area contributed by atoms with Gasteiger partial charge in [-0.1, -0.05) is 29.8 Å². The second-order valence-electron chi connectivity index (χ2n) is 6.97. The van der Waals surface area contributed by atoms with Gasteiger partial charge in [0, 0.05) is 46.1 Å². The van der Waals surface area contributed by atoms with Crippen LogP contribution in [0.4, 0.5) is 0 Å². The number of likely N-dealkylation sites (tertiary alicyclic amines) is 1. The average molecular weight is 326 g/mol. The molecule has 0 bridgehead atoms. The van der Waals surface area contributed by atoms with Gasteiger partial charge >= 0.3 is 0 Å². The van der Waals surface area contributed by atoms with Crippen LogP contribution in [0.2, 0.25) is 0 Å². The number of aromatic nitrogens is 2. The Morgan fingerprint density at radius 1 is 1.29 bits per heavy atom. The number of carbonyl (C=O) groups excluding carboxylic acids is 1. The van der Waals surface area contributed by atoms with Gasteiger partial charge in [-0.3, -0.25) is 9.69 Å². The van der Waals surface area contributed by atoms with E-state index >= 15 is 0 Å². The number of rotatable bonds is 4. The zero-order valence-corrected chi connectivity index (χ0v) is 14.8. The van der Waals surface area contributed by atoms with Gasteiger partial charge in [-0.15, -0.1) is 0 Å². The van der Waals surface area contributed by atoms with E-state index in [0.29, 0.717) is 0 Å². The number of nitrogens with zero attached hydrogens (tertiary/aromatic N) is 4. The molecular weight excluding hydrogens is 300 g/mol. The Morgan fingerprint density at radius 3 is 2.62 bits per heavy atom. The first-order valence-electron chi connectivity index (χ1n) is 8.49. The van der Waals surface area contributed by atoms with Crippen LogP contribution in [0, 0.1) is 6.92 Å². The monoisotopic (exact) mass is 326 g/mol. The third-order valence-corrected chi connectivity index (χ3v) is 4.97. The van der Waals surface area contributed by atoms with Gasteiger partial charge in [-0.25, -0.2) is 4.98 Å². The number of hydrogen-bond acceptors (Lipinski definition) is 3. The van der Waals surface area contributed by atoms with Gasteiger partial charge in [-0.2, -0.15) is 0 Å². The van der Waals surface area contributed by atoms with Crippen molar-refractivity contribution < 1.29 is 4.79 Å². The fraction of sp³-hybridized carbons (Fsp3) is 0.474. The number of imidazole rings is 1. The highest BCUT2D eigenvalue weighted by atomic mass is 16.2. The summed E-state index contributed by atoms with van der Waals surface area (Å²) in [5.74, 6) is 0.163. The summed E-state index contributed by atoms with van der Waals surface area (Å²) in [6.07, 6.45) is 7.07. The molecule has 1 fully saturated rings. The molecule has 128 valence electrons. The standard InChI is InChI=1S/C19H26N4O/c1-16-5-4-6-17(13-16)14-22-10-7-19(8-11-22,18(24)21(2)3)23-12-9-20-15-23/h4-6,9,12-13,15H,7-8,10-11,14H2,1-3H3. The Hall–Kier alpha value is -2.14. The van der Waals surface area contributed by atoms with Gasteiger partial charge in [0.05, 0.1) is 6.33 Å². The molecule has 3 rings (SSSR count). The molecule has 1 aromatic heterocycles. The number of carbonyl (C=O) groups is 1. The molecule has 2 heterocycles. The van der Waals surface area contributed by atoms with Crippen molar-refractivity contribution in [3.63, 3.8) is 0 Å². The van der Waals surface area contributed by atoms with Gasteiger partial charge < -0.3 is 9.47 Å². The molecule has 1 saturated heterocycles. The molecule has 0 radical (unpaired) electrons. The van der Waals surface area contributed by atoms with Crippen LogP contribution in [0.15, 0.2) is 43.0 Å². The lowest BCUT2D eigenvalue weighted by atomic mass is 9.85. The van der Waals surface area contributed by atoms with Gasteiger partial charge in [-0.05, 0) is 25.3 Å². The maximum absolute atomic E-state index is 12.9. The van der Waals surface area contributed by atoms with Crippen molar-refractivity contribution in [2.45, 2.75) is 31.8 Å². The first-order chi connectivity index (χ1) is 11.5. The van der Waals surface area contributed by atoms with Crippen LogP contribution in [0.5, 0.6) is 0 Å². The third-order valence-electron chi connectivity index (χ3n) is 4.97. The van der Waals surface area contributed by atoms with Crippen molar-refractivity contribution >= 4 is 5.91 Å². The van der Waals surface area contributed by atoms with E-state index in [9.17, 15) is 4.79 Å². The second-order valence-corrected chi connectivity index (χ2v) is 6.97. The van der Waals surface area contributed by atoms with E-state index in [2.05, 4.69) is 41.1 Å². The number of likely N-dealkylation sites (N-methyl/N-ethyl adjacent to an activating group) is 1. The molecular formula is C19H26N4O. The topological polar surface area (TPSA) is 41.4 Å². The van der Waals surface area contributed by atoms with Crippen molar-refractivity contribution in [1.82, 2.24) is 19.4 Å². The first kappa shape index (κ1) is 16.7. The Morgan fingerprint density at radius 2 is 2.04 bits per heavy atom. The molecule has 5 nitrogen and oxygen atoms in total. The zero-order chi connectivity index (χ0) is 17.2. The Balaban J connectivity index is 1.74. The summed E-state index contributed by atoms with van der Waals surface area (Å²) in [5.41, 5.74) is 2.13. The van der Waals surface area contributed by atoms with E-state index in [-0.39, 0.29) is 5.91 Å². The lowest BCUT2D eigenvalue weighted by molar-refractivity contribution is -0.141. The van der Waals surface area contributed by atoms with Gasteiger partial charge in [0.1, 0.15) is 5.54 Å². The van der Waals surface area contributed by atoms with Crippen LogP contribution in [0.25, 0.3) is 0 Å². The van der Waals surface area contributed by atoms with Crippen LogP contribution >= 0.6 is 0 Å². The summed E-state index contributed by atoms with van der Waals surface area (Å²) in [4.78, 5) is 21.2. The summed E-state index contributed by atoms with van der Waals surface area (Å²) in [7, 11) is 3.67. The van der Waals surface area contributed by atoms with E-state index in [1.165, 1.54) is 11.1 Å². The minimum atomic E-state index is -0.497.